The van der Waals surface area contributed by atoms with Crippen molar-refractivity contribution in [2.45, 2.75) is 71.6 Å². The molecule has 0 atom stereocenters. The number of quaternary nitrogens is 1. The third-order valence-corrected chi connectivity index (χ3v) is 7.87. The lowest BCUT2D eigenvalue weighted by molar-refractivity contribution is -0.570. The minimum Gasteiger partial charge on any atom is -0.384 e. The summed E-state index contributed by atoms with van der Waals surface area (Å²) in [5.41, 5.74) is 3.88. The smallest absolute Gasteiger partial charge is 0.133 e. The van der Waals surface area contributed by atoms with Gasteiger partial charge in [0.15, 0.2) is 0 Å². The fourth-order valence-corrected chi connectivity index (χ4v) is 5.75. The summed E-state index contributed by atoms with van der Waals surface area (Å²) in [5.74, 6) is 6.62. The zero-order valence-electron chi connectivity index (χ0n) is 27.5. The highest BCUT2D eigenvalue weighted by molar-refractivity contribution is 5.92. The van der Waals surface area contributed by atoms with E-state index in [0.717, 1.165) is 45.7 Å². The average Bonchev–Trinajstić information content (AvgIpc) is 3.05. The van der Waals surface area contributed by atoms with E-state index in [2.05, 4.69) is 105 Å². The van der Waals surface area contributed by atoms with Crippen LogP contribution in [0.15, 0.2) is 84.4 Å². The van der Waals surface area contributed by atoms with Crippen molar-refractivity contribution in [1.82, 2.24) is 0 Å². The molecule has 0 aliphatic rings. The number of carbonyl (C=O) groups excluding carboxylic acids is 2. The maximum atomic E-state index is 11.0. The maximum Gasteiger partial charge on any atom is 0.133 e. The molecule has 0 saturated carbocycles. The normalized spacial score (nSPS) is 11.5. The van der Waals surface area contributed by atoms with Crippen LogP contribution in [0, 0.1) is 23.2 Å². The van der Waals surface area contributed by atoms with E-state index < -0.39 is 5.41 Å². The van der Waals surface area contributed by atoms with Gasteiger partial charge in [-0.1, -0.05) is 100 Å². The number of carbonyl (C=O) groups is 2. The van der Waals surface area contributed by atoms with Crippen LogP contribution in [0.5, 0.6) is 0 Å². The third kappa shape index (κ3) is 8.69. The Balaban J connectivity index is 0.00000271. The Morgan fingerprint density at radius 1 is 0.822 bits per heavy atom. The predicted molar refractivity (Wildman–Crippen MR) is 188 cm³/mol. The fourth-order valence-electron chi connectivity index (χ4n) is 5.75. The van der Waals surface area contributed by atoms with Crippen LogP contribution >= 0.6 is 0 Å². The number of nitrogens with zero attached hydrogens (tertiary/aromatic N) is 1. The van der Waals surface area contributed by atoms with Crippen molar-refractivity contribution in [2.24, 2.45) is 0 Å². The topological polar surface area (TPSA) is 86.6 Å². The lowest BCUT2D eigenvalue weighted by atomic mass is 9.77. The zero-order valence-corrected chi connectivity index (χ0v) is 27.5. The van der Waals surface area contributed by atoms with Crippen LogP contribution in [-0.4, -0.2) is 25.7 Å². The van der Waals surface area contributed by atoms with Crippen molar-refractivity contribution < 1.29 is 14.9 Å². The monoisotopic (exact) mass is 600 g/mol. The highest BCUT2D eigenvalue weighted by Gasteiger charge is 2.28. The van der Waals surface area contributed by atoms with Crippen LogP contribution in [-0.2, 0) is 20.4 Å². The quantitative estimate of drug-likeness (QED) is 0.0569. The van der Waals surface area contributed by atoms with Crippen molar-refractivity contribution in [3.63, 3.8) is 0 Å². The summed E-state index contributed by atoms with van der Waals surface area (Å²) < 4.78 is 0. The first kappa shape index (κ1) is 34.8. The molecule has 0 fully saturated rings. The van der Waals surface area contributed by atoms with Gasteiger partial charge in [0.05, 0.1) is 24.0 Å². The van der Waals surface area contributed by atoms with Crippen LogP contribution in [0.1, 0.15) is 71.9 Å². The van der Waals surface area contributed by atoms with Gasteiger partial charge >= 0.3 is 0 Å². The standard InChI is InChI=1S/C38H39N3O2.C2H6/c1-37(2,35-31-13-7-5-11-29(31)15-17-33(35)40-23-9-25-42)21-19-28(27-39)20-22-38(3,4)36-32-14-8-6-12-30(32)16-18-34(36)41-24-10-26-43;1-2/h5-8,11-19,25-26,40-41H,9-10,21,23-24H2,1-4H3;1-2H3/p+1/b28-19-;. The highest BCUT2D eigenvalue weighted by Crippen LogP contribution is 2.38. The van der Waals surface area contributed by atoms with E-state index in [1.165, 1.54) is 10.9 Å². The molecule has 0 bridgehead atoms. The summed E-state index contributed by atoms with van der Waals surface area (Å²) >= 11 is 0. The number of hydrogen-bond acceptors (Lipinski definition) is 4. The largest absolute Gasteiger partial charge is 0.384 e. The Kier molecular flexibility index (Phi) is 12.7. The Hall–Kier alpha value is -4.71. The molecule has 0 radical (unpaired) electrons. The van der Waals surface area contributed by atoms with E-state index in [-0.39, 0.29) is 5.41 Å². The molecular weight excluding hydrogens is 554 g/mol. The van der Waals surface area contributed by atoms with Crippen molar-refractivity contribution in [1.29, 1.82) is 5.26 Å². The summed E-state index contributed by atoms with van der Waals surface area (Å²) in [6, 6.07) is 27.3. The zero-order chi connectivity index (χ0) is 32.9. The lowest BCUT2D eigenvalue weighted by Crippen LogP contribution is -2.78. The first-order chi connectivity index (χ1) is 21.7. The minimum absolute atomic E-state index is 0.293. The van der Waals surface area contributed by atoms with Crippen LogP contribution < -0.4 is 10.6 Å². The summed E-state index contributed by atoms with van der Waals surface area (Å²) in [6.07, 6.45) is 5.35. The molecule has 232 valence electrons. The Labute approximate surface area is 268 Å². The molecule has 4 rings (SSSR count). The third-order valence-electron chi connectivity index (χ3n) is 7.87. The van der Waals surface area contributed by atoms with E-state index in [1.807, 2.05) is 44.2 Å². The highest BCUT2D eigenvalue weighted by atomic mass is 16.1. The second kappa shape index (κ2) is 16.4. The van der Waals surface area contributed by atoms with Gasteiger partial charge in [-0.2, -0.15) is 5.26 Å². The predicted octanol–water partition coefficient (Wildman–Crippen LogP) is 7.90. The number of nitriles is 1. The van der Waals surface area contributed by atoms with Crippen molar-refractivity contribution in [3.05, 3.63) is 95.6 Å². The molecule has 0 spiro atoms. The van der Waals surface area contributed by atoms with Gasteiger partial charge in [0.1, 0.15) is 24.3 Å². The number of anilines is 1. The molecule has 5 nitrogen and oxygen atoms in total. The van der Waals surface area contributed by atoms with Gasteiger partial charge in [0, 0.05) is 29.8 Å². The number of benzene rings is 4. The van der Waals surface area contributed by atoms with Gasteiger partial charge in [-0.25, -0.2) is 0 Å². The SMILES string of the molecule is CC.CC(C)(C#C/C(C#N)=C/CC(C)(C)c1c([NH2+]CCC=O)ccc2ccccc12)c1c(NCCC=O)ccc2ccccc12. The Morgan fingerprint density at radius 3 is 2.04 bits per heavy atom. The summed E-state index contributed by atoms with van der Waals surface area (Å²) in [4.78, 5) is 21.9. The van der Waals surface area contributed by atoms with Crippen molar-refractivity contribution in [3.8, 4) is 17.9 Å². The van der Waals surface area contributed by atoms with Crippen LogP contribution in [0.4, 0.5) is 11.4 Å². The molecule has 5 heteroatoms. The molecule has 45 heavy (non-hydrogen) atoms. The fraction of sp³-hybridized carbons (Fsp3) is 0.325. The Morgan fingerprint density at radius 2 is 1.42 bits per heavy atom. The van der Waals surface area contributed by atoms with E-state index in [4.69, 9.17) is 0 Å². The van der Waals surface area contributed by atoms with E-state index in [9.17, 15) is 14.9 Å². The maximum absolute atomic E-state index is 11.0. The minimum atomic E-state index is -0.577. The molecule has 0 heterocycles. The summed E-state index contributed by atoms with van der Waals surface area (Å²) in [6.45, 7) is 13.8. The van der Waals surface area contributed by atoms with Gasteiger partial charge in [-0.05, 0) is 65.4 Å². The molecule has 0 unspecified atom stereocenters. The molecular formula is C40H46N3O2+. The van der Waals surface area contributed by atoms with Gasteiger partial charge in [-0.3, -0.25) is 0 Å². The van der Waals surface area contributed by atoms with Gasteiger partial charge in [-0.15, -0.1) is 0 Å². The first-order valence-electron chi connectivity index (χ1n) is 15.8. The van der Waals surface area contributed by atoms with E-state index in [0.29, 0.717) is 37.9 Å². The molecule has 0 saturated heterocycles. The number of hydrogen-bond donors (Lipinski definition) is 2. The second-order valence-corrected chi connectivity index (χ2v) is 12.0. The molecule has 4 aromatic rings. The molecule has 0 aromatic heterocycles. The number of nitrogens with two attached hydrogens (primary N) is 1. The Bertz CT molecular complexity index is 1760. The van der Waals surface area contributed by atoms with Gasteiger partial charge < -0.3 is 20.2 Å². The number of rotatable bonds is 12. The van der Waals surface area contributed by atoms with E-state index in [1.54, 1.807) is 0 Å². The molecule has 4 aromatic carbocycles. The lowest BCUT2D eigenvalue weighted by Gasteiger charge is -2.27. The van der Waals surface area contributed by atoms with Crippen molar-refractivity contribution >= 4 is 45.5 Å². The number of allylic oxidation sites excluding steroid dienone is 2. The van der Waals surface area contributed by atoms with Crippen molar-refractivity contribution in [2.75, 3.05) is 18.4 Å². The average molecular weight is 601 g/mol. The number of fused-ring (bicyclic) bond motifs is 2. The van der Waals surface area contributed by atoms with E-state index >= 15 is 0 Å². The molecule has 0 aliphatic carbocycles. The molecule has 0 amide bonds. The summed E-state index contributed by atoms with van der Waals surface area (Å²) in [7, 11) is 0. The number of nitrogens with one attached hydrogen (secondary N) is 1. The first-order valence-corrected chi connectivity index (χ1v) is 15.8. The molecule has 0 aliphatic heterocycles. The second-order valence-electron chi connectivity index (χ2n) is 12.0. The van der Waals surface area contributed by atoms with Crippen LogP contribution in [0.25, 0.3) is 21.5 Å². The van der Waals surface area contributed by atoms with Crippen LogP contribution in [0.2, 0.25) is 0 Å². The number of aldehydes is 2. The van der Waals surface area contributed by atoms with Gasteiger partial charge in [0.25, 0.3) is 0 Å². The van der Waals surface area contributed by atoms with Crippen LogP contribution in [0.3, 0.4) is 0 Å². The van der Waals surface area contributed by atoms with Gasteiger partial charge in [0.2, 0.25) is 0 Å². The molecule has 3 N–H and O–H groups in total. The summed E-state index contributed by atoms with van der Waals surface area (Å²) in [5, 5.41) is 20.2.